The molecule has 0 amide bonds. The lowest BCUT2D eigenvalue weighted by molar-refractivity contribution is 0.336. The monoisotopic (exact) mass is 577 g/mol. The fraction of sp³-hybridized carbons (Fsp3) is 0.400. The molecule has 0 aliphatic heterocycles. The zero-order valence-electron chi connectivity index (χ0n) is 20.5. The summed E-state index contributed by atoms with van der Waals surface area (Å²) >= 11 is 0. The summed E-state index contributed by atoms with van der Waals surface area (Å²) in [6.07, 6.45) is 0.977. The van der Waals surface area contributed by atoms with Gasteiger partial charge in [-0.3, -0.25) is 0 Å². The second-order valence-electron chi connectivity index (χ2n) is 7.82. The highest BCUT2D eigenvalue weighted by Gasteiger charge is 2.08. The standard InChI is InChI=1S/C25H35N7O.HI/c1-5-33-23-15-10-9-12-21(23)18-27-25(28-19-24-30-29-20(2)32(24)4)26-16-11-17-31(3)22-13-7-6-8-14-22;/h6-10,12-15H,5,11,16-19H2,1-4H3,(H2,26,27,28);1H. The topological polar surface area (TPSA) is 79.6 Å². The molecule has 8 nitrogen and oxygen atoms in total. The van der Waals surface area contributed by atoms with E-state index >= 15 is 0 Å². The van der Waals surface area contributed by atoms with Gasteiger partial charge in [0.05, 0.1) is 19.7 Å². The van der Waals surface area contributed by atoms with Gasteiger partial charge in [0.25, 0.3) is 0 Å². The highest BCUT2D eigenvalue weighted by molar-refractivity contribution is 14.0. The van der Waals surface area contributed by atoms with Gasteiger partial charge in [0.2, 0.25) is 0 Å². The van der Waals surface area contributed by atoms with Crippen molar-refractivity contribution in [3.8, 4) is 5.75 Å². The van der Waals surface area contributed by atoms with Crippen LogP contribution in [0.1, 0.15) is 30.6 Å². The fourth-order valence-electron chi connectivity index (χ4n) is 3.37. The van der Waals surface area contributed by atoms with Crippen LogP contribution in [-0.4, -0.2) is 47.5 Å². The van der Waals surface area contributed by atoms with Crippen molar-refractivity contribution in [3.63, 3.8) is 0 Å². The summed E-state index contributed by atoms with van der Waals surface area (Å²) in [4.78, 5) is 7.06. The first kappa shape index (κ1) is 27.4. The smallest absolute Gasteiger partial charge is 0.191 e. The number of anilines is 1. The van der Waals surface area contributed by atoms with E-state index in [-0.39, 0.29) is 24.0 Å². The van der Waals surface area contributed by atoms with Gasteiger partial charge in [-0.15, -0.1) is 34.2 Å². The maximum atomic E-state index is 5.75. The Hall–Kier alpha value is -2.82. The van der Waals surface area contributed by atoms with Crippen molar-refractivity contribution >= 4 is 35.6 Å². The third-order valence-corrected chi connectivity index (χ3v) is 5.44. The second-order valence-corrected chi connectivity index (χ2v) is 7.82. The number of nitrogens with one attached hydrogen (secondary N) is 2. The molecule has 1 heterocycles. The number of aryl methyl sites for hydroxylation is 1. The molecule has 0 unspecified atom stereocenters. The van der Waals surface area contributed by atoms with Crippen molar-refractivity contribution in [1.82, 2.24) is 25.4 Å². The summed E-state index contributed by atoms with van der Waals surface area (Å²) in [6.45, 7) is 7.37. The van der Waals surface area contributed by atoms with Crippen LogP contribution in [0.5, 0.6) is 5.75 Å². The van der Waals surface area contributed by atoms with E-state index in [4.69, 9.17) is 9.73 Å². The number of aliphatic imine (C=N–C) groups is 1. The van der Waals surface area contributed by atoms with Crippen molar-refractivity contribution in [2.24, 2.45) is 12.0 Å². The average molecular weight is 578 g/mol. The Bertz CT molecular complexity index is 1020. The van der Waals surface area contributed by atoms with E-state index in [2.05, 4.69) is 57.0 Å². The van der Waals surface area contributed by atoms with Crippen LogP contribution < -0.4 is 20.3 Å². The minimum Gasteiger partial charge on any atom is -0.494 e. The SMILES string of the molecule is CCOc1ccccc1CN=C(NCCCN(C)c1ccccc1)NCc1nnc(C)n1C.I. The average Bonchev–Trinajstić information content (AvgIpc) is 3.16. The lowest BCUT2D eigenvalue weighted by Crippen LogP contribution is -2.39. The number of hydrogen-bond donors (Lipinski definition) is 2. The lowest BCUT2D eigenvalue weighted by Gasteiger charge is -2.20. The molecule has 0 spiro atoms. The van der Waals surface area contributed by atoms with Gasteiger partial charge in [-0.25, -0.2) is 4.99 Å². The molecule has 2 aromatic carbocycles. The molecule has 3 rings (SSSR count). The van der Waals surface area contributed by atoms with E-state index in [9.17, 15) is 0 Å². The summed E-state index contributed by atoms with van der Waals surface area (Å²) in [5.41, 5.74) is 2.27. The van der Waals surface area contributed by atoms with Crippen LogP contribution in [0, 0.1) is 6.92 Å². The number of halogens is 1. The van der Waals surface area contributed by atoms with Gasteiger partial charge in [0.15, 0.2) is 11.8 Å². The molecule has 34 heavy (non-hydrogen) atoms. The number of nitrogens with zero attached hydrogens (tertiary/aromatic N) is 5. The number of benzene rings is 2. The third kappa shape index (κ3) is 8.19. The predicted molar refractivity (Wildman–Crippen MR) is 149 cm³/mol. The summed E-state index contributed by atoms with van der Waals surface area (Å²) in [7, 11) is 4.08. The minimum absolute atomic E-state index is 0. The van der Waals surface area contributed by atoms with E-state index in [1.165, 1.54) is 5.69 Å². The third-order valence-electron chi connectivity index (χ3n) is 5.44. The van der Waals surface area contributed by atoms with Gasteiger partial charge in [-0.2, -0.15) is 0 Å². The summed E-state index contributed by atoms with van der Waals surface area (Å²) in [6, 6.07) is 18.4. The maximum Gasteiger partial charge on any atom is 0.191 e. The van der Waals surface area contributed by atoms with Gasteiger partial charge in [-0.05, 0) is 38.5 Å². The molecule has 0 aliphatic rings. The van der Waals surface area contributed by atoms with Gasteiger partial charge in [-0.1, -0.05) is 36.4 Å². The Morgan fingerprint density at radius 3 is 2.50 bits per heavy atom. The first-order chi connectivity index (χ1) is 16.1. The molecular formula is C25H36IN7O. The van der Waals surface area contributed by atoms with Crippen molar-refractivity contribution in [1.29, 1.82) is 0 Å². The molecule has 0 saturated heterocycles. The summed E-state index contributed by atoms with van der Waals surface area (Å²) in [5, 5.41) is 15.2. The predicted octanol–water partition coefficient (Wildman–Crippen LogP) is 3.90. The Balaban J connectivity index is 0.00000408. The Kier molecular flexibility index (Phi) is 11.7. The first-order valence-electron chi connectivity index (χ1n) is 11.4. The molecule has 9 heteroatoms. The summed E-state index contributed by atoms with van der Waals surface area (Å²) < 4.78 is 7.72. The van der Waals surface area contributed by atoms with Crippen LogP contribution in [0.3, 0.4) is 0 Å². The van der Waals surface area contributed by atoms with Crippen LogP contribution >= 0.6 is 24.0 Å². The molecule has 0 atom stereocenters. The number of rotatable bonds is 11. The Morgan fingerprint density at radius 1 is 1.06 bits per heavy atom. The molecule has 0 aliphatic carbocycles. The molecular weight excluding hydrogens is 541 g/mol. The Labute approximate surface area is 219 Å². The maximum absolute atomic E-state index is 5.75. The summed E-state index contributed by atoms with van der Waals surface area (Å²) in [5.74, 6) is 3.36. The van der Waals surface area contributed by atoms with Crippen molar-refractivity contribution in [3.05, 3.63) is 71.8 Å². The number of ether oxygens (including phenoxy) is 1. The van der Waals surface area contributed by atoms with Gasteiger partial charge in [0, 0.05) is 38.4 Å². The fourth-order valence-corrected chi connectivity index (χ4v) is 3.37. The lowest BCUT2D eigenvalue weighted by atomic mass is 10.2. The van der Waals surface area contributed by atoms with E-state index in [1.807, 2.05) is 55.8 Å². The normalized spacial score (nSPS) is 11.0. The molecule has 0 bridgehead atoms. The Morgan fingerprint density at radius 2 is 1.79 bits per heavy atom. The van der Waals surface area contributed by atoms with E-state index in [1.54, 1.807) is 0 Å². The molecule has 1 aromatic heterocycles. The zero-order chi connectivity index (χ0) is 23.5. The van der Waals surface area contributed by atoms with Crippen molar-refractivity contribution in [2.45, 2.75) is 33.4 Å². The van der Waals surface area contributed by atoms with Crippen LogP contribution in [0.15, 0.2) is 59.6 Å². The van der Waals surface area contributed by atoms with Crippen LogP contribution in [0.4, 0.5) is 5.69 Å². The highest BCUT2D eigenvalue weighted by atomic mass is 127. The molecule has 0 fully saturated rings. The van der Waals surface area contributed by atoms with Crippen LogP contribution in [0.25, 0.3) is 0 Å². The number of aromatic nitrogens is 3. The number of guanidine groups is 1. The molecule has 184 valence electrons. The second kappa shape index (κ2) is 14.4. The number of para-hydroxylation sites is 2. The van der Waals surface area contributed by atoms with Crippen molar-refractivity contribution in [2.75, 3.05) is 31.6 Å². The van der Waals surface area contributed by atoms with Gasteiger partial charge >= 0.3 is 0 Å². The first-order valence-corrected chi connectivity index (χ1v) is 11.4. The van der Waals surface area contributed by atoms with E-state index < -0.39 is 0 Å². The van der Waals surface area contributed by atoms with E-state index in [0.29, 0.717) is 19.7 Å². The van der Waals surface area contributed by atoms with Crippen LogP contribution in [-0.2, 0) is 20.1 Å². The largest absolute Gasteiger partial charge is 0.494 e. The quantitative estimate of drug-likeness (QED) is 0.156. The minimum atomic E-state index is 0. The zero-order valence-corrected chi connectivity index (χ0v) is 22.8. The number of hydrogen-bond acceptors (Lipinski definition) is 5. The van der Waals surface area contributed by atoms with Gasteiger partial charge in [0.1, 0.15) is 11.6 Å². The molecule has 3 aromatic rings. The van der Waals surface area contributed by atoms with Crippen LogP contribution in [0.2, 0.25) is 0 Å². The van der Waals surface area contributed by atoms with Crippen molar-refractivity contribution < 1.29 is 4.74 Å². The molecule has 0 radical (unpaired) electrons. The van der Waals surface area contributed by atoms with Gasteiger partial charge < -0.3 is 24.8 Å². The highest BCUT2D eigenvalue weighted by Crippen LogP contribution is 2.18. The molecule has 0 saturated carbocycles. The van der Waals surface area contributed by atoms with E-state index in [0.717, 1.165) is 48.4 Å². The molecule has 2 N–H and O–H groups in total.